The van der Waals surface area contributed by atoms with E-state index in [4.69, 9.17) is 24.4 Å². The van der Waals surface area contributed by atoms with Crippen LogP contribution in [0.3, 0.4) is 0 Å². The van der Waals surface area contributed by atoms with E-state index in [9.17, 15) is 21.0 Å². The quantitative estimate of drug-likeness (QED) is 0.281. The van der Waals surface area contributed by atoms with Crippen LogP contribution in [0.25, 0.3) is 0 Å². The van der Waals surface area contributed by atoms with Crippen molar-refractivity contribution < 1.29 is 21.0 Å². The van der Waals surface area contributed by atoms with Crippen molar-refractivity contribution in [2.75, 3.05) is 80.6 Å². The van der Waals surface area contributed by atoms with Gasteiger partial charge < -0.3 is 10.2 Å². The SMILES string of the molecule is CNC(=S)SC.CNS(=O)(=O)SC.CNS(=O)SC.CSC(=S)N(C)C.CSS(=O)(=O)N(C)C. The lowest BCUT2D eigenvalue weighted by Crippen LogP contribution is -2.17. The van der Waals surface area contributed by atoms with Crippen molar-refractivity contribution in [3.05, 3.63) is 0 Å². The number of hydrogen-bond donors (Lipinski definition) is 3. The number of rotatable bonds is 6. The van der Waals surface area contributed by atoms with Crippen molar-refractivity contribution in [1.82, 2.24) is 24.0 Å². The van der Waals surface area contributed by atoms with Crippen LogP contribution in [0.15, 0.2) is 0 Å². The maximum atomic E-state index is 10.6. The van der Waals surface area contributed by atoms with Gasteiger partial charge in [-0.1, -0.05) is 24.4 Å². The first-order valence-corrected chi connectivity index (χ1v) is 21.1. The third-order valence-electron chi connectivity index (χ3n) is 2.37. The molecule has 0 heterocycles. The highest BCUT2D eigenvalue weighted by Crippen LogP contribution is 2.08. The van der Waals surface area contributed by atoms with E-state index in [1.807, 2.05) is 38.6 Å². The molecule has 0 aliphatic carbocycles. The lowest BCUT2D eigenvalue weighted by atomic mass is 11.0. The Morgan fingerprint density at radius 2 is 1.26 bits per heavy atom. The molecule has 0 aliphatic heterocycles. The van der Waals surface area contributed by atoms with Gasteiger partial charge in [0.15, 0.2) is 10.0 Å². The highest BCUT2D eigenvalue weighted by atomic mass is 33.1. The standard InChI is InChI=1S/C4H9NS2.C3H9NO2S2.C3H7NS2.C2H7NO2S2.C2H7NOS2/c1-5(2)4(6)7-3;1-4(2)8(5,6)7-3;1-4-3(5)6-2;1-3-7(4,5)6-2;1-3-6(4)5-2/h1-3H3;1-3H3;1-2H3,(H,4,5);3H,1-2H3;3H,1-2H3. The molecular formula is C14H39N5O5S10. The van der Waals surface area contributed by atoms with Gasteiger partial charge in [-0.2, -0.15) is 4.31 Å². The molecule has 0 aliphatic rings. The number of nitrogens with one attached hydrogen (secondary N) is 3. The topological polar surface area (TPSA) is 128 Å². The minimum Gasteiger partial charge on any atom is -0.374 e. The normalized spacial score (nSPS) is 11.0. The second-order valence-corrected chi connectivity index (χ2v) is 19.1. The molecule has 20 heteroatoms. The van der Waals surface area contributed by atoms with E-state index in [0.717, 1.165) is 30.2 Å². The summed E-state index contributed by atoms with van der Waals surface area (Å²) < 4.78 is 59.4. The molecule has 0 saturated carbocycles. The lowest BCUT2D eigenvalue weighted by Gasteiger charge is -2.08. The molecule has 10 nitrogen and oxygen atoms in total. The third-order valence-corrected chi connectivity index (χ3v) is 13.5. The van der Waals surface area contributed by atoms with Gasteiger partial charge in [0.25, 0.3) is 18.1 Å². The largest absolute Gasteiger partial charge is 0.374 e. The minimum absolute atomic E-state index is 0.788. The monoisotopic (exact) mass is 677 g/mol. The van der Waals surface area contributed by atoms with Crippen LogP contribution in [0.5, 0.6) is 0 Å². The molecule has 0 aromatic rings. The Labute approximate surface area is 240 Å². The molecule has 34 heavy (non-hydrogen) atoms. The molecule has 0 aromatic carbocycles. The van der Waals surface area contributed by atoms with E-state index >= 15 is 0 Å². The van der Waals surface area contributed by atoms with Gasteiger partial charge in [-0.3, -0.25) is 0 Å². The molecule has 3 N–H and O–H groups in total. The second kappa shape index (κ2) is 29.0. The maximum absolute atomic E-state index is 10.6. The van der Waals surface area contributed by atoms with Crippen LogP contribution in [0.1, 0.15) is 0 Å². The summed E-state index contributed by atoms with van der Waals surface area (Å²) in [5.74, 6) is 0. The van der Waals surface area contributed by atoms with Crippen LogP contribution in [0, 0.1) is 0 Å². The summed E-state index contributed by atoms with van der Waals surface area (Å²) in [5, 5.41) is 2.81. The average molecular weight is 678 g/mol. The van der Waals surface area contributed by atoms with E-state index < -0.39 is 28.1 Å². The highest BCUT2D eigenvalue weighted by molar-refractivity contribution is 8.71. The average Bonchev–Trinajstić information content (AvgIpc) is 2.83. The zero-order valence-corrected chi connectivity index (χ0v) is 29.7. The van der Waals surface area contributed by atoms with Crippen LogP contribution in [-0.2, 0) is 28.1 Å². The van der Waals surface area contributed by atoms with Gasteiger partial charge in [-0.05, 0) is 77.8 Å². The lowest BCUT2D eigenvalue weighted by molar-refractivity contribution is 0.539. The van der Waals surface area contributed by atoms with Gasteiger partial charge in [0.1, 0.15) is 8.64 Å². The molecule has 0 aromatic heterocycles. The fourth-order valence-electron chi connectivity index (χ4n) is 0.600. The van der Waals surface area contributed by atoms with Crippen molar-refractivity contribution in [3.63, 3.8) is 0 Å². The number of hydrogen-bond acceptors (Lipinski definition) is 12. The predicted octanol–water partition coefficient (Wildman–Crippen LogP) is 2.17. The zero-order valence-electron chi connectivity index (χ0n) is 21.5. The summed E-state index contributed by atoms with van der Waals surface area (Å²) in [4.78, 5) is 1.92. The molecule has 0 fully saturated rings. The molecule has 0 spiro atoms. The van der Waals surface area contributed by atoms with Gasteiger partial charge in [-0.25, -0.2) is 30.5 Å². The molecule has 0 rings (SSSR count). The fourth-order valence-corrected chi connectivity index (χ4v) is 3.70. The van der Waals surface area contributed by atoms with Crippen molar-refractivity contribution in [3.8, 4) is 0 Å². The number of thiocarbonyl (C=S) groups is 2. The molecular weight excluding hydrogens is 639 g/mol. The Balaban J connectivity index is -0.000000104. The highest BCUT2D eigenvalue weighted by Gasteiger charge is 2.08. The first-order chi connectivity index (χ1) is 15.4. The Kier molecular flexibility index (Phi) is 38.7. The smallest absolute Gasteiger partial charge is 0.266 e. The summed E-state index contributed by atoms with van der Waals surface area (Å²) in [7, 11) is 7.82. The van der Waals surface area contributed by atoms with Gasteiger partial charge in [0.2, 0.25) is 0 Å². The zero-order chi connectivity index (χ0) is 28.5. The van der Waals surface area contributed by atoms with E-state index in [0.29, 0.717) is 0 Å². The van der Waals surface area contributed by atoms with E-state index in [1.165, 1.54) is 48.8 Å². The Morgan fingerprint density at radius 1 is 0.824 bits per heavy atom. The fraction of sp³-hybridized carbons (Fsp3) is 0.857. The van der Waals surface area contributed by atoms with Crippen molar-refractivity contribution in [1.29, 1.82) is 0 Å². The summed E-state index contributed by atoms with van der Waals surface area (Å²) in [6.07, 6.45) is 8.74. The van der Waals surface area contributed by atoms with Gasteiger partial charge in [0, 0.05) is 35.2 Å². The number of thioether (sulfide) groups is 2. The minimum atomic E-state index is -2.99. The molecule has 210 valence electrons. The Morgan fingerprint density at radius 3 is 1.26 bits per heavy atom. The molecule has 0 radical (unpaired) electrons. The molecule has 1 atom stereocenters. The Hall–Kier alpha value is 1.46. The van der Waals surface area contributed by atoms with Crippen molar-refractivity contribution in [2.24, 2.45) is 0 Å². The third kappa shape index (κ3) is 38.0. The molecule has 0 saturated heterocycles. The molecule has 0 amide bonds. The first kappa shape index (κ1) is 45.4. The summed E-state index contributed by atoms with van der Waals surface area (Å²) >= 11 is 12.7. The molecule has 1 unspecified atom stereocenters. The summed E-state index contributed by atoms with van der Waals surface area (Å²) in [6.45, 7) is 0. The molecule has 0 bridgehead atoms. The number of nitrogens with zero attached hydrogens (tertiary/aromatic N) is 2. The van der Waals surface area contributed by atoms with Crippen LogP contribution in [0.2, 0.25) is 0 Å². The van der Waals surface area contributed by atoms with E-state index in [2.05, 4.69) is 14.8 Å². The summed E-state index contributed by atoms with van der Waals surface area (Å²) in [6, 6.07) is 0. The van der Waals surface area contributed by atoms with Gasteiger partial charge in [-0.15, -0.1) is 23.5 Å². The predicted molar refractivity (Wildman–Crippen MR) is 173 cm³/mol. The van der Waals surface area contributed by atoms with Crippen molar-refractivity contribution >= 4 is 117 Å². The van der Waals surface area contributed by atoms with Crippen LogP contribution < -0.4 is 14.8 Å². The summed E-state index contributed by atoms with van der Waals surface area (Å²) in [5.41, 5.74) is 0. The van der Waals surface area contributed by atoms with Gasteiger partial charge >= 0.3 is 0 Å². The van der Waals surface area contributed by atoms with E-state index in [-0.39, 0.29) is 0 Å². The second-order valence-electron chi connectivity index (χ2n) is 4.94. The maximum Gasteiger partial charge on any atom is 0.266 e. The Bertz CT molecular complexity index is 696. The van der Waals surface area contributed by atoms with Crippen LogP contribution in [0.4, 0.5) is 0 Å². The van der Waals surface area contributed by atoms with E-state index in [1.54, 1.807) is 36.8 Å². The first-order valence-electron chi connectivity index (χ1n) is 8.54. The van der Waals surface area contributed by atoms with Gasteiger partial charge in [0.05, 0.1) is 0 Å². The van der Waals surface area contributed by atoms with Crippen LogP contribution >= 0.6 is 80.3 Å². The van der Waals surface area contributed by atoms with Crippen molar-refractivity contribution in [2.45, 2.75) is 0 Å². The van der Waals surface area contributed by atoms with Crippen LogP contribution in [-0.4, -0.2) is 120 Å².